The van der Waals surface area contributed by atoms with E-state index >= 15 is 0 Å². The molecule has 0 spiro atoms. The maximum atomic E-state index is 12.9. The summed E-state index contributed by atoms with van der Waals surface area (Å²) in [6.07, 6.45) is 10.3. The Morgan fingerprint density at radius 2 is 1.87 bits per heavy atom. The molecule has 1 N–H and O–H groups in total. The highest BCUT2D eigenvalue weighted by Crippen LogP contribution is 2.23. The topological polar surface area (TPSA) is 42.0 Å². The molecule has 0 radical (unpaired) electrons. The lowest BCUT2D eigenvalue weighted by Gasteiger charge is -2.26. The number of pyridine rings is 1. The third-order valence-electron chi connectivity index (χ3n) is 4.63. The molecule has 0 aliphatic heterocycles. The van der Waals surface area contributed by atoms with E-state index in [9.17, 15) is 4.79 Å². The molecule has 1 fully saturated rings. The molecule has 1 unspecified atom stereocenters. The number of carbonyl (C=O) groups is 1. The normalized spacial score (nSPS) is 16.7. The number of benzene rings is 1. The fourth-order valence-electron chi connectivity index (χ4n) is 3.35. The van der Waals surface area contributed by atoms with Crippen molar-refractivity contribution >= 4 is 5.91 Å². The molecule has 1 amide bonds. The molecule has 1 heterocycles. The summed E-state index contributed by atoms with van der Waals surface area (Å²) in [4.78, 5) is 17.1. The first-order valence-corrected chi connectivity index (χ1v) is 8.57. The van der Waals surface area contributed by atoms with Crippen molar-refractivity contribution in [1.29, 1.82) is 0 Å². The van der Waals surface area contributed by atoms with Crippen molar-refractivity contribution in [1.82, 2.24) is 10.3 Å². The molecule has 0 saturated heterocycles. The number of nitrogens with one attached hydrogen (secondary N) is 1. The van der Waals surface area contributed by atoms with Crippen LogP contribution in [0.15, 0.2) is 54.9 Å². The fourth-order valence-corrected chi connectivity index (χ4v) is 3.35. The van der Waals surface area contributed by atoms with Crippen molar-refractivity contribution in [3.8, 4) is 0 Å². The Morgan fingerprint density at radius 1 is 1.09 bits per heavy atom. The average molecular weight is 308 g/mol. The van der Waals surface area contributed by atoms with Gasteiger partial charge in [-0.25, -0.2) is 0 Å². The maximum absolute atomic E-state index is 12.9. The van der Waals surface area contributed by atoms with E-state index in [2.05, 4.69) is 10.3 Å². The van der Waals surface area contributed by atoms with Gasteiger partial charge < -0.3 is 5.32 Å². The Labute approximate surface area is 138 Å². The molecule has 3 nitrogen and oxygen atoms in total. The van der Waals surface area contributed by atoms with Crippen molar-refractivity contribution in [2.75, 3.05) is 0 Å². The fraction of sp³-hybridized carbons (Fsp3) is 0.400. The number of aromatic nitrogens is 1. The lowest BCUT2D eigenvalue weighted by molar-refractivity contribution is -0.123. The zero-order valence-corrected chi connectivity index (χ0v) is 13.4. The van der Waals surface area contributed by atoms with Crippen LogP contribution < -0.4 is 5.32 Å². The van der Waals surface area contributed by atoms with Crippen LogP contribution in [0.1, 0.15) is 49.1 Å². The molecule has 1 atom stereocenters. The van der Waals surface area contributed by atoms with E-state index < -0.39 is 0 Å². The smallest absolute Gasteiger partial charge is 0.228 e. The molecule has 1 aromatic carbocycles. The minimum absolute atomic E-state index is 0.145. The van der Waals surface area contributed by atoms with Crippen LogP contribution in [-0.2, 0) is 11.2 Å². The Morgan fingerprint density at radius 3 is 2.57 bits per heavy atom. The summed E-state index contributed by atoms with van der Waals surface area (Å²) in [6.45, 7) is 0. The molecule has 1 aliphatic carbocycles. The van der Waals surface area contributed by atoms with Gasteiger partial charge in [0, 0.05) is 18.4 Å². The second-order valence-corrected chi connectivity index (χ2v) is 6.37. The number of carbonyl (C=O) groups excluding carboxylic acids is 1. The van der Waals surface area contributed by atoms with Crippen LogP contribution >= 0.6 is 0 Å². The van der Waals surface area contributed by atoms with Gasteiger partial charge in [-0.05, 0) is 36.5 Å². The minimum atomic E-state index is -0.151. The molecule has 120 valence electrons. The Kier molecular flexibility index (Phi) is 5.41. The second kappa shape index (κ2) is 7.91. The van der Waals surface area contributed by atoms with Gasteiger partial charge in [-0.1, -0.05) is 55.7 Å². The number of nitrogens with zero attached hydrogens (tertiary/aromatic N) is 1. The van der Waals surface area contributed by atoms with Gasteiger partial charge in [0.25, 0.3) is 0 Å². The summed E-state index contributed by atoms with van der Waals surface area (Å²) >= 11 is 0. The standard InChI is InChI=1S/C20H24N2O/c23-20(22-18-11-5-2-6-12-18)19(17-9-3-1-4-10-17)14-16-8-7-13-21-15-16/h1,3-4,7-10,13,15,18-19H,2,5-6,11-12,14H2,(H,22,23). The minimum Gasteiger partial charge on any atom is -0.353 e. The van der Waals surface area contributed by atoms with Crippen molar-refractivity contribution in [3.05, 3.63) is 66.0 Å². The summed E-state index contributed by atoms with van der Waals surface area (Å²) in [7, 11) is 0. The highest BCUT2D eigenvalue weighted by molar-refractivity contribution is 5.84. The van der Waals surface area contributed by atoms with E-state index in [-0.39, 0.29) is 11.8 Å². The monoisotopic (exact) mass is 308 g/mol. The van der Waals surface area contributed by atoms with Gasteiger partial charge in [0.1, 0.15) is 0 Å². The van der Waals surface area contributed by atoms with E-state index in [1.807, 2.05) is 48.7 Å². The van der Waals surface area contributed by atoms with Crippen LogP contribution in [0, 0.1) is 0 Å². The molecule has 3 heteroatoms. The molecule has 1 saturated carbocycles. The van der Waals surface area contributed by atoms with E-state index in [0.29, 0.717) is 12.5 Å². The molecule has 2 aromatic rings. The lowest BCUT2D eigenvalue weighted by Crippen LogP contribution is -2.39. The SMILES string of the molecule is O=C(NC1CCCCC1)C(Cc1cccnc1)c1ccccc1. The van der Waals surface area contributed by atoms with E-state index in [1.54, 1.807) is 6.20 Å². The first-order valence-electron chi connectivity index (χ1n) is 8.57. The van der Waals surface area contributed by atoms with Crippen molar-refractivity contribution in [2.45, 2.75) is 50.5 Å². The zero-order chi connectivity index (χ0) is 15.9. The Hall–Kier alpha value is -2.16. The number of hydrogen-bond acceptors (Lipinski definition) is 2. The molecule has 0 bridgehead atoms. The summed E-state index contributed by atoms with van der Waals surface area (Å²) in [5.74, 6) is -0.00530. The average Bonchev–Trinajstić information content (AvgIpc) is 2.62. The van der Waals surface area contributed by atoms with Gasteiger partial charge in [-0.2, -0.15) is 0 Å². The Balaban J connectivity index is 1.75. The van der Waals surface area contributed by atoms with Crippen LogP contribution in [0.5, 0.6) is 0 Å². The molecule has 3 rings (SSSR count). The largest absolute Gasteiger partial charge is 0.353 e. The Bertz CT molecular complexity index is 606. The van der Waals surface area contributed by atoms with Crippen molar-refractivity contribution in [3.63, 3.8) is 0 Å². The summed E-state index contributed by atoms with van der Waals surface area (Å²) in [5.41, 5.74) is 2.17. The number of amides is 1. The first kappa shape index (κ1) is 15.7. The highest BCUT2D eigenvalue weighted by atomic mass is 16.1. The lowest BCUT2D eigenvalue weighted by atomic mass is 9.90. The maximum Gasteiger partial charge on any atom is 0.228 e. The first-order chi connectivity index (χ1) is 11.3. The summed E-state index contributed by atoms with van der Waals surface area (Å²) in [5, 5.41) is 3.28. The van der Waals surface area contributed by atoms with Gasteiger partial charge in [-0.3, -0.25) is 9.78 Å². The van der Waals surface area contributed by atoms with Gasteiger partial charge in [0.2, 0.25) is 5.91 Å². The van der Waals surface area contributed by atoms with E-state index in [4.69, 9.17) is 0 Å². The predicted molar refractivity (Wildman–Crippen MR) is 92.1 cm³/mol. The van der Waals surface area contributed by atoms with Crippen LogP contribution in [0.2, 0.25) is 0 Å². The number of hydrogen-bond donors (Lipinski definition) is 1. The van der Waals surface area contributed by atoms with Crippen molar-refractivity contribution in [2.24, 2.45) is 0 Å². The molecule has 1 aliphatic rings. The predicted octanol–water partition coefficient (Wildman–Crippen LogP) is 3.86. The third-order valence-corrected chi connectivity index (χ3v) is 4.63. The van der Waals surface area contributed by atoms with Gasteiger partial charge in [0.15, 0.2) is 0 Å². The zero-order valence-electron chi connectivity index (χ0n) is 13.4. The number of rotatable bonds is 5. The van der Waals surface area contributed by atoms with Gasteiger partial charge in [-0.15, -0.1) is 0 Å². The van der Waals surface area contributed by atoms with E-state index in [1.165, 1.54) is 19.3 Å². The van der Waals surface area contributed by atoms with Gasteiger partial charge >= 0.3 is 0 Å². The van der Waals surface area contributed by atoms with Crippen LogP contribution in [0.3, 0.4) is 0 Å². The van der Waals surface area contributed by atoms with E-state index in [0.717, 1.165) is 24.0 Å². The van der Waals surface area contributed by atoms with Crippen molar-refractivity contribution < 1.29 is 4.79 Å². The quantitative estimate of drug-likeness (QED) is 0.911. The van der Waals surface area contributed by atoms with Crippen LogP contribution in [0.4, 0.5) is 0 Å². The third kappa shape index (κ3) is 4.41. The van der Waals surface area contributed by atoms with Crippen LogP contribution in [0.25, 0.3) is 0 Å². The second-order valence-electron chi connectivity index (χ2n) is 6.37. The summed E-state index contributed by atoms with van der Waals surface area (Å²) in [6, 6.07) is 14.4. The van der Waals surface area contributed by atoms with Gasteiger partial charge in [0.05, 0.1) is 5.92 Å². The molecule has 1 aromatic heterocycles. The highest BCUT2D eigenvalue weighted by Gasteiger charge is 2.24. The summed E-state index contributed by atoms with van der Waals surface area (Å²) < 4.78 is 0. The molecular formula is C20H24N2O. The molecule has 23 heavy (non-hydrogen) atoms. The van der Waals surface area contributed by atoms with Crippen LogP contribution in [-0.4, -0.2) is 16.9 Å². The molecular weight excluding hydrogens is 284 g/mol.